The third kappa shape index (κ3) is 2.09. The lowest BCUT2D eigenvalue weighted by Crippen LogP contribution is -2.47. The smallest absolute Gasteiger partial charge is 0.328 e. The average molecular weight is 396 g/mol. The Hall–Kier alpha value is -1.21. The van der Waals surface area contributed by atoms with Crippen LogP contribution in [0, 0.1) is 12.3 Å². The number of aliphatic hydroxyl groups is 1. The van der Waals surface area contributed by atoms with Crippen molar-refractivity contribution >= 4 is 22.6 Å². The first-order chi connectivity index (χ1) is 9.28. The van der Waals surface area contributed by atoms with Crippen molar-refractivity contribution in [3.8, 4) is 12.3 Å². The summed E-state index contributed by atoms with van der Waals surface area (Å²) in [5.74, 6) is 1.76. The molecule has 1 aliphatic carbocycles. The second-order valence-corrected chi connectivity index (χ2v) is 5.48. The van der Waals surface area contributed by atoms with Crippen molar-refractivity contribution in [2.24, 2.45) is 0 Å². The van der Waals surface area contributed by atoms with Gasteiger partial charge in [-0.1, -0.05) is 28.5 Å². The van der Waals surface area contributed by atoms with Gasteiger partial charge in [-0.2, -0.15) is 0 Å². The SMILES string of the molecule is C#C[C@@]1(F)[C@H](O)[C@@](F)(CI)C[C@H]1n1ccc(=O)[nH]c1=O. The average Bonchev–Trinajstić information content (AvgIpc) is 2.62. The Morgan fingerprint density at radius 2 is 2.25 bits per heavy atom. The molecule has 2 rings (SSSR count). The van der Waals surface area contributed by atoms with E-state index < -0.39 is 41.2 Å². The number of aliphatic hydroxyl groups excluding tert-OH is 1. The summed E-state index contributed by atoms with van der Waals surface area (Å²) < 4.78 is 29.9. The molecule has 5 nitrogen and oxygen atoms in total. The van der Waals surface area contributed by atoms with Gasteiger partial charge in [0.1, 0.15) is 6.10 Å². The van der Waals surface area contributed by atoms with Crippen LogP contribution in [-0.4, -0.2) is 36.5 Å². The summed E-state index contributed by atoms with van der Waals surface area (Å²) in [7, 11) is 0. The molecule has 1 fully saturated rings. The minimum atomic E-state index is -2.72. The zero-order chi connectivity index (χ0) is 15.1. The molecule has 8 heteroatoms. The van der Waals surface area contributed by atoms with Gasteiger partial charge in [-0.3, -0.25) is 14.3 Å². The zero-order valence-corrected chi connectivity index (χ0v) is 12.3. The summed E-state index contributed by atoms with van der Waals surface area (Å²) in [4.78, 5) is 24.7. The van der Waals surface area contributed by atoms with Crippen LogP contribution in [0.5, 0.6) is 0 Å². The highest BCUT2D eigenvalue weighted by Gasteiger charge is 2.64. The first-order valence-electron chi connectivity index (χ1n) is 5.69. The Balaban J connectivity index is 2.59. The highest BCUT2D eigenvalue weighted by Crippen LogP contribution is 2.50. The van der Waals surface area contributed by atoms with Gasteiger partial charge in [-0.15, -0.1) is 6.42 Å². The molecule has 1 heterocycles. The minimum Gasteiger partial charge on any atom is -0.385 e. The molecule has 0 saturated heterocycles. The van der Waals surface area contributed by atoms with E-state index in [0.717, 1.165) is 16.8 Å². The van der Waals surface area contributed by atoms with E-state index in [1.54, 1.807) is 28.5 Å². The van der Waals surface area contributed by atoms with Crippen LogP contribution in [-0.2, 0) is 0 Å². The van der Waals surface area contributed by atoms with Crippen molar-refractivity contribution in [2.45, 2.75) is 29.9 Å². The van der Waals surface area contributed by atoms with Crippen LogP contribution in [0.1, 0.15) is 12.5 Å². The Morgan fingerprint density at radius 3 is 2.75 bits per heavy atom. The Bertz CT molecular complexity index is 682. The summed E-state index contributed by atoms with van der Waals surface area (Å²) in [5, 5.41) is 9.86. The van der Waals surface area contributed by atoms with E-state index in [1.807, 2.05) is 4.98 Å². The van der Waals surface area contributed by atoms with Gasteiger partial charge in [0, 0.05) is 23.1 Å². The van der Waals surface area contributed by atoms with Crippen LogP contribution in [0.4, 0.5) is 8.78 Å². The van der Waals surface area contributed by atoms with E-state index in [-0.39, 0.29) is 4.43 Å². The monoisotopic (exact) mass is 396 g/mol. The number of nitrogens with zero attached hydrogens (tertiary/aromatic N) is 1. The molecule has 4 atom stereocenters. The summed E-state index contributed by atoms with van der Waals surface area (Å²) >= 11 is 1.68. The molecule has 0 unspecified atom stereocenters. The third-order valence-electron chi connectivity index (χ3n) is 3.54. The molecule has 1 aliphatic rings. The van der Waals surface area contributed by atoms with Crippen molar-refractivity contribution in [1.82, 2.24) is 9.55 Å². The second kappa shape index (κ2) is 4.96. The van der Waals surface area contributed by atoms with Crippen LogP contribution in [0.3, 0.4) is 0 Å². The summed E-state index contributed by atoms with van der Waals surface area (Å²) in [5.41, 5.74) is -6.51. The number of halogens is 3. The lowest BCUT2D eigenvalue weighted by molar-refractivity contribution is -0.0288. The van der Waals surface area contributed by atoms with Gasteiger partial charge in [0.25, 0.3) is 5.56 Å². The lowest BCUT2D eigenvalue weighted by atomic mass is 9.96. The van der Waals surface area contributed by atoms with Crippen LogP contribution < -0.4 is 11.2 Å². The van der Waals surface area contributed by atoms with E-state index in [1.165, 1.54) is 0 Å². The van der Waals surface area contributed by atoms with Gasteiger partial charge in [0.2, 0.25) is 5.67 Å². The Labute approximate surface area is 126 Å². The van der Waals surface area contributed by atoms with E-state index in [2.05, 4.69) is 0 Å². The van der Waals surface area contributed by atoms with Crippen molar-refractivity contribution in [3.05, 3.63) is 33.1 Å². The Morgan fingerprint density at radius 1 is 1.60 bits per heavy atom. The predicted molar refractivity (Wildman–Crippen MR) is 76.4 cm³/mol. The van der Waals surface area contributed by atoms with Gasteiger partial charge in [-0.25, -0.2) is 13.6 Å². The van der Waals surface area contributed by atoms with Crippen molar-refractivity contribution in [1.29, 1.82) is 0 Å². The highest BCUT2D eigenvalue weighted by atomic mass is 127. The van der Waals surface area contributed by atoms with Gasteiger partial charge < -0.3 is 5.11 Å². The van der Waals surface area contributed by atoms with E-state index in [9.17, 15) is 23.5 Å². The zero-order valence-electron chi connectivity index (χ0n) is 10.1. The molecule has 1 saturated carbocycles. The normalized spacial score (nSPS) is 36.8. The molecular formula is C12H11F2IN2O3. The first-order valence-corrected chi connectivity index (χ1v) is 7.22. The minimum absolute atomic E-state index is 0.173. The maximum absolute atomic E-state index is 14.8. The molecule has 2 N–H and O–H groups in total. The van der Waals surface area contributed by atoms with Crippen LogP contribution in [0.2, 0.25) is 0 Å². The molecule has 108 valence electrons. The van der Waals surface area contributed by atoms with Crippen LogP contribution >= 0.6 is 22.6 Å². The van der Waals surface area contributed by atoms with E-state index >= 15 is 0 Å². The number of H-pyrrole nitrogens is 1. The van der Waals surface area contributed by atoms with E-state index in [0.29, 0.717) is 0 Å². The molecule has 0 amide bonds. The molecule has 0 bridgehead atoms. The second-order valence-electron chi connectivity index (χ2n) is 4.72. The predicted octanol–water partition coefficient (Wildman–Crippen LogP) is 0.327. The maximum atomic E-state index is 14.8. The number of alkyl halides is 3. The molecule has 0 radical (unpaired) electrons. The first kappa shape index (κ1) is 15.2. The number of nitrogens with one attached hydrogen (secondary N) is 1. The standard InChI is InChI=1S/C12H11F2IN2O3/c1-2-12(14)7(5-11(13,6-15)9(12)19)17-4-3-8(18)16-10(17)20/h1,3-4,7,9,19H,5-6H2,(H,16,18,20)/t7-,9-,11+,12+/m1/s1. The maximum Gasteiger partial charge on any atom is 0.328 e. The van der Waals surface area contributed by atoms with Gasteiger partial charge >= 0.3 is 5.69 Å². The number of aromatic nitrogens is 2. The quantitative estimate of drug-likeness (QED) is 0.430. The molecule has 0 aromatic carbocycles. The van der Waals surface area contributed by atoms with Crippen molar-refractivity contribution in [2.75, 3.05) is 4.43 Å². The summed E-state index contributed by atoms with van der Waals surface area (Å²) in [6.45, 7) is 0. The van der Waals surface area contributed by atoms with Crippen LogP contribution in [0.25, 0.3) is 0 Å². The number of rotatable bonds is 2. The molecular weight excluding hydrogens is 385 g/mol. The van der Waals surface area contributed by atoms with Crippen molar-refractivity contribution < 1.29 is 13.9 Å². The van der Waals surface area contributed by atoms with Gasteiger partial charge in [0.05, 0.1) is 6.04 Å². The highest BCUT2D eigenvalue weighted by molar-refractivity contribution is 14.1. The molecule has 1 aromatic rings. The van der Waals surface area contributed by atoms with Gasteiger partial charge in [0.15, 0.2) is 5.67 Å². The third-order valence-corrected chi connectivity index (χ3v) is 4.80. The molecule has 20 heavy (non-hydrogen) atoms. The molecule has 1 aromatic heterocycles. The van der Waals surface area contributed by atoms with Crippen molar-refractivity contribution in [3.63, 3.8) is 0 Å². The number of terminal acetylenes is 1. The lowest BCUT2D eigenvalue weighted by Gasteiger charge is -2.27. The molecule has 0 spiro atoms. The summed E-state index contributed by atoms with van der Waals surface area (Å²) in [6.07, 6.45) is 3.65. The fraction of sp³-hybridized carbons (Fsp3) is 0.500. The van der Waals surface area contributed by atoms with Crippen LogP contribution in [0.15, 0.2) is 21.9 Å². The fourth-order valence-corrected chi connectivity index (χ4v) is 3.15. The fourth-order valence-electron chi connectivity index (χ4n) is 2.42. The summed E-state index contributed by atoms with van der Waals surface area (Å²) in [6, 6.07) is -0.376. The number of hydrogen-bond acceptors (Lipinski definition) is 3. The van der Waals surface area contributed by atoms with E-state index in [4.69, 9.17) is 6.42 Å². The van der Waals surface area contributed by atoms with Gasteiger partial charge in [-0.05, 0) is 0 Å². The Kier molecular flexibility index (Phi) is 3.77. The topological polar surface area (TPSA) is 75.1 Å². The largest absolute Gasteiger partial charge is 0.385 e. The number of hydrogen-bond donors (Lipinski definition) is 2. The number of aromatic amines is 1. The molecule has 0 aliphatic heterocycles.